The van der Waals surface area contributed by atoms with E-state index >= 15 is 0 Å². The van der Waals surface area contributed by atoms with Crippen molar-refractivity contribution in [2.24, 2.45) is 0 Å². The van der Waals surface area contributed by atoms with Crippen LogP contribution in [0.3, 0.4) is 0 Å². The van der Waals surface area contributed by atoms with Crippen molar-refractivity contribution in [3.05, 3.63) is 29.6 Å². The zero-order valence-corrected chi connectivity index (χ0v) is 13.2. The third kappa shape index (κ3) is 3.32. The van der Waals surface area contributed by atoms with Crippen molar-refractivity contribution in [3.8, 4) is 5.75 Å². The van der Waals surface area contributed by atoms with Crippen molar-refractivity contribution in [2.75, 3.05) is 19.0 Å². The number of carbonyl (C=O) groups excluding carboxylic acids is 1. The van der Waals surface area contributed by atoms with Crippen LogP contribution >= 0.6 is 15.9 Å². The zero-order valence-electron chi connectivity index (χ0n) is 11.6. The van der Waals surface area contributed by atoms with E-state index < -0.39 is 5.82 Å². The van der Waals surface area contributed by atoms with E-state index in [-0.39, 0.29) is 17.5 Å². The van der Waals surface area contributed by atoms with Gasteiger partial charge < -0.3 is 9.64 Å². The molecule has 0 aromatic heterocycles. The standard InChI is InChI=1S/C15H19BrFNO2/c1-20-12-6-7-13(14(17)9-12)15(19)18-8-4-2-3-5-11(18)10-16/h6-7,9,11H,2-5,8,10H2,1H3. The number of methoxy groups -OCH3 is 1. The van der Waals surface area contributed by atoms with Gasteiger partial charge in [0.05, 0.1) is 12.7 Å². The number of amides is 1. The maximum absolute atomic E-state index is 14.0. The molecular weight excluding hydrogens is 325 g/mol. The van der Waals surface area contributed by atoms with Crippen LogP contribution in [0.25, 0.3) is 0 Å². The number of hydrogen-bond donors (Lipinski definition) is 0. The first-order valence-electron chi connectivity index (χ1n) is 6.88. The number of halogens is 2. The maximum Gasteiger partial charge on any atom is 0.257 e. The highest BCUT2D eigenvalue weighted by Gasteiger charge is 2.27. The van der Waals surface area contributed by atoms with Crippen LogP contribution in [-0.2, 0) is 0 Å². The lowest BCUT2D eigenvalue weighted by Gasteiger charge is -2.29. The summed E-state index contributed by atoms with van der Waals surface area (Å²) in [6.45, 7) is 0.695. The lowest BCUT2D eigenvalue weighted by Crippen LogP contribution is -2.41. The van der Waals surface area contributed by atoms with Crippen LogP contribution in [0.4, 0.5) is 4.39 Å². The zero-order chi connectivity index (χ0) is 14.5. The fourth-order valence-corrected chi connectivity index (χ4v) is 3.23. The third-order valence-corrected chi connectivity index (χ3v) is 4.47. The first-order chi connectivity index (χ1) is 9.67. The van der Waals surface area contributed by atoms with E-state index in [2.05, 4.69) is 15.9 Å². The second-order valence-electron chi connectivity index (χ2n) is 5.00. The quantitative estimate of drug-likeness (QED) is 0.784. The lowest BCUT2D eigenvalue weighted by atomic mass is 10.1. The molecule has 1 aromatic carbocycles. The molecule has 0 bridgehead atoms. The molecule has 1 fully saturated rings. The molecule has 1 amide bonds. The van der Waals surface area contributed by atoms with Crippen LogP contribution in [-0.4, -0.2) is 35.8 Å². The molecule has 20 heavy (non-hydrogen) atoms. The number of hydrogen-bond acceptors (Lipinski definition) is 2. The van der Waals surface area contributed by atoms with Gasteiger partial charge in [0.15, 0.2) is 0 Å². The predicted octanol–water partition coefficient (Wildman–Crippen LogP) is 3.61. The number of rotatable bonds is 3. The normalized spacial score (nSPS) is 19.6. The topological polar surface area (TPSA) is 29.5 Å². The van der Waals surface area contributed by atoms with Crippen molar-refractivity contribution in [3.63, 3.8) is 0 Å². The third-order valence-electron chi connectivity index (χ3n) is 3.72. The van der Waals surface area contributed by atoms with E-state index in [1.165, 1.54) is 19.2 Å². The number of benzene rings is 1. The number of carbonyl (C=O) groups is 1. The molecule has 1 heterocycles. The van der Waals surface area contributed by atoms with Gasteiger partial charge in [-0.3, -0.25) is 4.79 Å². The minimum atomic E-state index is -0.521. The summed E-state index contributed by atoms with van der Waals surface area (Å²) >= 11 is 3.46. The van der Waals surface area contributed by atoms with Crippen molar-refractivity contribution in [2.45, 2.75) is 31.7 Å². The minimum absolute atomic E-state index is 0.124. The molecule has 1 unspecified atom stereocenters. The molecular formula is C15H19BrFNO2. The number of ether oxygens (including phenoxy) is 1. The molecule has 0 N–H and O–H groups in total. The highest BCUT2D eigenvalue weighted by molar-refractivity contribution is 9.09. The minimum Gasteiger partial charge on any atom is -0.497 e. The van der Waals surface area contributed by atoms with Crippen LogP contribution in [0.5, 0.6) is 5.75 Å². The first kappa shape index (κ1) is 15.3. The van der Waals surface area contributed by atoms with Crippen molar-refractivity contribution in [1.82, 2.24) is 4.90 Å². The fourth-order valence-electron chi connectivity index (χ4n) is 2.56. The van der Waals surface area contributed by atoms with Crippen LogP contribution in [0.1, 0.15) is 36.0 Å². The van der Waals surface area contributed by atoms with Gasteiger partial charge in [-0.1, -0.05) is 28.8 Å². The van der Waals surface area contributed by atoms with Gasteiger partial charge in [0.1, 0.15) is 11.6 Å². The molecule has 1 saturated heterocycles. The van der Waals surface area contributed by atoms with E-state index in [1.54, 1.807) is 11.0 Å². The van der Waals surface area contributed by atoms with E-state index in [0.29, 0.717) is 12.3 Å². The Morgan fingerprint density at radius 1 is 1.45 bits per heavy atom. The SMILES string of the molecule is COc1ccc(C(=O)N2CCCCCC2CBr)c(F)c1. The Labute approximate surface area is 127 Å². The fraction of sp³-hybridized carbons (Fsp3) is 0.533. The molecule has 1 aromatic rings. The molecule has 1 aliphatic rings. The Balaban J connectivity index is 2.24. The Morgan fingerprint density at radius 3 is 2.90 bits per heavy atom. The summed E-state index contributed by atoms with van der Waals surface area (Å²) in [5, 5.41) is 0.733. The molecule has 1 atom stereocenters. The van der Waals surface area contributed by atoms with E-state index in [4.69, 9.17) is 4.74 Å². The average molecular weight is 344 g/mol. The van der Waals surface area contributed by atoms with E-state index in [1.807, 2.05) is 0 Å². The molecule has 0 spiro atoms. The van der Waals surface area contributed by atoms with E-state index in [9.17, 15) is 9.18 Å². The summed E-state index contributed by atoms with van der Waals surface area (Å²) in [7, 11) is 1.48. The Morgan fingerprint density at radius 2 is 2.25 bits per heavy atom. The van der Waals surface area contributed by atoms with Gasteiger partial charge in [0.2, 0.25) is 0 Å². The second kappa shape index (κ2) is 7.07. The summed E-state index contributed by atoms with van der Waals surface area (Å²) in [4.78, 5) is 14.4. The van der Waals surface area contributed by atoms with Gasteiger partial charge in [-0.05, 0) is 25.0 Å². The van der Waals surface area contributed by atoms with Crippen LogP contribution in [0, 0.1) is 5.82 Å². The van der Waals surface area contributed by atoms with E-state index in [0.717, 1.165) is 31.0 Å². The molecule has 3 nitrogen and oxygen atoms in total. The summed E-state index contributed by atoms with van der Waals surface area (Å²) in [5.74, 6) is -0.324. The summed E-state index contributed by atoms with van der Waals surface area (Å²) in [6.07, 6.45) is 4.19. The molecule has 0 aliphatic carbocycles. The Kier molecular flexibility index (Phi) is 5.40. The lowest BCUT2D eigenvalue weighted by molar-refractivity contribution is 0.0697. The molecule has 0 saturated carbocycles. The second-order valence-corrected chi connectivity index (χ2v) is 5.65. The van der Waals surface area contributed by atoms with Gasteiger partial charge >= 0.3 is 0 Å². The Bertz CT molecular complexity index is 481. The predicted molar refractivity (Wildman–Crippen MR) is 80.0 cm³/mol. The number of alkyl halides is 1. The maximum atomic E-state index is 14.0. The summed E-state index contributed by atoms with van der Waals surface area (Å²) in [5.41, 5.74) is 0.124. The van der Waals surface area contributed by atoms with Gasteiger partial charge in [-0.2, -0.15) is 0 Å². The summed E-state index contributed by atoms with van der Waals surface area (Å²) in [6, 6.07) is 4.53. The van der Waals surface area contributed by atoms with Gasteiger partial charge in [-0.25, -0.2) is 4.39 Å². The van der Waals surface area contributed by atoms with Crippen LogP contribution in [0.2, 0.25) is 0 Å². The molecule has 1 aliphatic heterocycles. The largest absolute Gasteiger partial charge is 0.497 e. The average Bonchev–Trinajstić information content (AvgIpc) is 2.71. The molecule has 2 rings (SSSR count). The van der Waals surface area contributed by atoms with Gasteiger partial charge in [0, 0.05) is 24.0 Å². The van der Waals surface area contributed by atoms with Crippen LogP contribution < -0.4 is 4.74 Å². The molecule has 0 radical (unpaired) electrons. The molecule has 110 valence electrons. The smallest absolute Gasteiger partial charge is 0.257 e. The number of nitrogens with zero attached hydrogens (tertiary/aromatic N) is 1. The van der Waals surface area contributed by atoms with Gasteiger partial charge in [0.25, 0.3) is 5.91 Å². The van der Waals surface area contributed by atoms with Crippen LogP contribution in [0.15, 0.2) is 18.2 Å². The van der Waals surface area contributed by atoms with Crippen molar-refractivity contribution in [1.29, 1.82) is 0 Å². The summed E-state index contributed by atoms with van der Waals surface area (Å²) < 4.78 is 19.0. The molecule has 5 heteroatoms. The monoisotopic (exact) mass is 343 g/mol. The van der Waals surface area contributed by atoms with Crippen molar-refractivity contribution >= 4 is 21.8 Å². The Hall–Kier alpha value is -1.10. The number of likely N-dealkylation sites (tertiary alicyclic amines) is 1. The van der Waals surface area contributed by atoms with Crippen molar-refractivity contribution < 1.29 is 13.9 Å². The highest BCUT2D eigenvalue weighted by atomic mass is 79.9. The highest BCUT2D eigenvalue weighted by Crippen LogP contribution is 2.23. The first-order valence-corrected chi connectivity index (χ1v) is 8.00. The van der Waals surface area contributed by atoms with Gasteiger partial charge in [-0.15, -0.1) is 0 Å².